The van der Waals surface area contributed by atoms with Gasteiger partial charge >= 0.3 is 6.09 Å². The minimum atomic E-state index is -2.32. The Kier molecular flexibility index (Phi) is 8.29. The highest BCUT2D eigenvalue weighted by molar-refractivity contribution is 8.15. The van der Waals surface area contributed by atoms with Crippen LogP contribution in [0, 0.1) is 0 Å². The molecule has 0 aromatic rings. The second-order valence-corrected chi connectivity index (χ2v) is 10.8. The summed E-state index contributed by atoms with van der Waals surface area (Å²) >= 11 is -1.32. The molecule has 3 aliphatic rings. The topological polar surface area (TPSA) is 135 Å². The number of fused-ring (bicyclic) bond motifs is 1. The summed E-state index contributed by atoms with van der Waals surface area (Å²) in [5.41, 5.74) is 0. The third kappa shape index (κ3) is 6.07. The Balaban J connectivity index is 1.69. The zero-order valence-electron chi connectivity index (χ0n) is 20.3. The molecule has 0 aliphatic carbocycles. The van der Waals surface area contributed by atoms with Crippen molar-refractivity contribution in [1.82, 2.24) is 9.21 Å². The molecule has 3 fully saturated rings. The molecule has 0 bridgehead atoms. The lowest BCUT2D eigenvalue weighted by Crippen LogP contribution is -2.46. The normalized spacial score (nSPS) is 32.8. The van der Waals surface area contributed by atoms with Gasteiger partial charge in [-0.1, -0.05) is 5.16 Å². The minimum Gasteiger partial charge on any atom is -0.348 e. The molecule has 34 heavy (non-hydrogen) atoms. The Morgan fingerprint density at radius 3 is 2.29 bits per heavy atom. The average molecular weight is 526 g/mol. The first-order chi connectivity index (χ1) is 15.7. The number of carbonyl (C=O) groups excluding carboxylic acids is 2. The number of ether oxygens (including phenoxy) is 5. The molecule has 0 radical (unpaired) electrons. The highest BCUT2D eigenvalue weighted by Gasteiger charge is 2.59. The Hall–Kier alpha value is -1.33. The summed E-state index contributed by atoms with van der Waals surface area (Å²) in [5, 5.41) is 3.52. The standard InChI is InChI=1S/C19H31N3O10S2/c1-18(2)26-9-10(28-18)11-12(13-16(27-11)30-19(3,4)29-13)32-34(25)22(7)17(24)31-20-14(33-8)15(23)21(5)6/h10-13,16H,9H2,1-8H3/b20-14-/t10-,11-,12+,13-,16-,34?/m1/s1. The van der Waals surface area contributed by atoms with Gasteiger partial charge in [-0.2, -0.15) is 0 Å². The molecule has 3 heterocycles. The fraction of sp³-hybridized carbons (Fsp3) is 0.842. The summed E-state index contributed by atoms with van der Waals surface area (Å²) < 4.78 is 48.5. The number of thioether (sulfide) groups is 1. The molecular weight excluding hydrogens is 494 g/mol. The van der Waals surface area contributed by atoms with Crippen LogP contribution in [0.1, 0.15) is 27.7 Å². The van der Waals surface area contributed by atoms with Crippen molar-refractivity contribution in [2.24, 2.45) is 5.16 Å². The van der Waals surface area contributed by atoms with Crippen LogP contribution < -0.4 is 0 Å². The van der Waals surface area contributed by atoms with Crippen LogP contribution >= 0.6 is 11.8 Å². The van der Waals surface area contributed by atoms with E-state index < -0.39 is 65.5 Å². The van der Waals surface area contributed by atoms with Crippen LogP contribution in [0.3, 0.4) is 0 Å². The van der Waals surface area contributed by atoms with Crippen molar-refractivity contribution in [3.05, 3.63) is 0 Å². The van der Waals surface area contributed by atoms with Gasteiger partial charge in [0.25, 0.3) is 17.2 Å². The molecule has 0 saturated carbocycles. The molecule has 0 spiro atoms. The van der Waals surface area contributed by atoms with E-state index in [1.165, 1.54) is 26.0 Å². The maximum Gasteiger partial charge on any atom is 0.449 e. The fourth-order valence-electron chi connectivity index (χ4n) is 3.50. The van der Waals surface area contributed by atoms with E-state index in [0.717, 1.165) is 11.8 Å². The number of rotatable bonds is 5. The third-order valence-electron chi connectivity index (χ3n) is 5.09. The predicted molar refractivity (Wildman–Crippen MR) is 121 cm³/mol. The van der Waals surface area contributed by atoms with Crippen LogP contribution in [0.2, 0.25) is 0 Å². The van der Waals surface area contributed by atoms with E-state index in [1.54, 1.807) is 34.0 Å². The van der Waals surface area contributed by atoms with Gasteiger partial charge in [0.2, 0.25) is 5.04 Å². The number of carbonyl (C=O) groups is 2. The van der Waals surface area contributed by atoms with Crippen LogP contribution in [-0.4, -0.2) is 107 Å². The van der Waals surface area contributed by atoms with Crippen molar-refractivity contribution < 1.29 is 46.5 Å². The largest absolute Gasteiger partial charge is 0.449 e. The van der Waals surface area contributed by atoms with Gasteiger partial charge in [-0.3, -0.25) is 13.8 Å². The van der Waals surface area contributed by atoms with Gasteiger partial charge in [-0.25, -0.2) is 13.3 Å². The molecule has 0 aromatic carbocycles. The smallest absolute Gasteiger partial charge is 0.348 e. The van der Waals surface area contributed by atoms with Crippen LogP contribution in [0.5, 0.6) is 0 Å². The molecular formula is C19H31N3O10S2. The fourth-order valence-corrected chi connectivity index (χ4v) is 4.67. The second-order valence-electron chi connectivity index (χ2n) is 8.87. The van der Waals surface area contributed by atoms with Crippen molar-refractivity contribution in [3.63, 3.8) is 0 Å². The van der Waals surface area contributed by atoms with Gasteiger partial charge in [0.05, 0.1) is 6.61 Å². The second kappa shape index (κ2) is 10.3. The van der Waals surface area contributed by atoms with Gasteiger partial charge < -0.3 is 28.6 Å². The molecule has 3 aliphatic heterocycles. The van der Waals surface area contributed by atoms with E-state index in [9.17, 15) is 13.8 Å². The van der Waals surface area contributed by atoms with Crippen molar-refractivity contribution in [3.8, 4) is 0 Å². The van der Waals surface area contributed by atoms with E-state index in [1.807, 2.05) is 0 Å². The van der Waals surface area contributed by atoms with Gasteiger partial charge in [-0.15, -0.1) is 11.8 Å². The van der Waals surface area contributed by atoms with E-state index in [-0.39, 0.29) is 11.7 Å². The van der Waals surface area contributed by atoms with Gasteiger partial charge in [0.1, 0.15) is 24.4 Å². The van der Waals surface area contributed by atoms with Crippen molar-refractivity contribution >= 4 is 40.1 Å². The van der Waals surface area contributed by atoms with E-state index in [2.05, 4.69) is 5.16 Å². The average Bonchev–Trinajstić information content (AvgIpc) is 3.36. The van der Waals surface area contributed by atoms with E-state index in [0.29, 0.717) is 4.31 Å². The molecule has 194 valence electrons. The molecule has 0 N–H and O–H groups in total. The van der Waals surface area contributed by atoms with Gasteiger partial charge in [0, 0.05) is 21.1 Å². The molecule has 2 amide bonds. The Morgan fingerprint density at radius 2 is 1.74 bits per heavy atom. The quantitative estimate of drug-likeness (QED) is 0.218. The summed E-state index contributed by atoms with van der Waals surface area (Å²) in [7, 11) is 4.28. The van der Waals surface area contributed by atoms with Crippen LogP contribution in [0.25, 0.3) is 0 Å². The molecule has 13 nitrogen and oxygen atoms in total. The zero-order chi connectivity index (χ0) is 25.4. The van der Waals surface area contributed by atoms with Crippen LogP contribution in [0.4, 0.5) is 4.79 Å². The lowest BCUT2D eigenvalue weighted by Gasteiger charge is -2.29. The highest BCUT2D eigenvalue weighted by Crippen LogP contribution is 2.42. The zero-order valence-corrected chi connectivity index (χ0v) is 22.0. The number of hydrogen-bond acceptors (Lipinski definition) is 12. The van der Waals surface area contributed by atoms with Crippen molar-refractivity contribution in [2.75, 3.05) is 34.0 Å². The Bertz CT molecular complexity index is 852. The molecule has 1 unspecified atom stereocenters. The number of oxime groups is 1. The van der Waals surface area contributed by atoms with Crippen LogP contribution in [0.15, 0.2) is 5.16 Å². The number of nitrogens with zero attached hydrogens (tertiary/aromatic N) is 3. The maximum atomic E-state index is 12.9. The maximum absolute atomic E-state index is 12.9. The number of hydrogen-bond donors (Lipinski definition) is 0. The molecule has 6 atom stereocenters. The Morgan fingerprint density at radius 1 is 1.06 bits per heavy atom. The summed E-state index contributed by atoms with van der Waals surface area (Å²) in [4.78, 5) is 30.5. The lowest BCUT2D eigenvalue weighted by molar-refractivity contribution is -0.230. The molecule has 0 aromatic heterocycles. The summed E-state index contributed by atoms with van der Waals surface area (Å²) in [5.74, 6) is -2.21. The van der Waals surface area contributed by atoms with Crippen LogP contribution in [-0.2, 0) is 48.8 Å². The molecule has 3 saturated heterocycles. The van der Waals surface area contributed by atoms with Crippen molar-refractivity contribution in [1.29, 1.82) is 0 Å². The van der Waals surface area contributed by atoms with Gasteiger partial charge in [0.15, 0.2) is 17.9 Å². The summed E-state index contributed by atoms with van der Waals surface area (Å²) in [6, 6.07) is 0. The van der Waals surface area contributed by atoms with E-state index in [4.69, 9.17) is 32.7 Å². The third-order valence-corrected chi connectivity index (χ3v) is 6.71. The van der Waals surface area contributed by atoms with E-state index >= 15 is 0 Å². The first-order valence-corrected chi connectivity index (χ1v) is 12.7. The Labute approximate surface area is 205 Å². The number of amides is 2. The molecule has 3 rings (SSSR count). The van der Waals surface area contributed by atoms with Crippen molar-refractivity contribution in [2.45, 2.75) is 70.0 Å². The first kappa shape index (κ1) is 27.3. The highest BCUT2D eigenvalue weighted by atomic mass is 32.2. The summed E-state index contributed by atoms with van der Waals surface area (Å²) in [6.45, 7) is 7.19. The van der Waals surface area contributed by atoms with Gasteiger partial charge in [-0.05, 0) is 34.0 Å². The lowest BCUT2D eigenvalue weighted by atomic mass is 10.1. The SMILES string of the molecule is CS/C(=N\OC(=O)N(C)S(=O)O[C@@H]1[C@H]2OC(C)(C)O[C@H]2O[C@@H]1[C@H]1COC(C)(C)O1)C(=O)N(C)C. The molecule has 15 heteroatoms. The summed E-state index contributed by atoms with van der Waals surface area (Å²) in [6.07, 6.45) is -3.17. The monoisotopic (exact) mass is 525 g/mol. The predicted octanol–water partition coefficient (Wildman–Crippen LogP) is 0.811. The minimum absolute atomic E-state index is 0.0507. The first-order valence-electron chi connectivity index (χ1n) is 10.4.